The molecule has 0 fully saturated rings. The topological polar surface area (TPSA) is 26.0 Å². The molecule has 1 aromatic carbocycles. The molecule has 0 radical (unpaired) electrons. The molecule has 1 rings (SSSR count). The largest absolute Gasteiger partial charge is 0.418 e. The van der Waals surface area contributed by atoms with Crippen molar-refractivity contribution in [3.63, 3.8) is 0 Å². The van der Waals surface area contributed by atoms with Gasteiger partial charge in [0.25, 0.3) is 0 Å². The van der Waals surface area contributed by atoms with Gasteiger partial charge in [0.15, 0.2) is 5.82 Å². The second-order valence-electron chi connectivity index (χ2n) is 2.32. The van der Waals surface area contributed by atoms with Crippen LogP contribution in [0.4, 0.5) is 23.2 Å². The Balaban J connectivity index is 3.35. The first-order valence-corrected chi connectivity index (χ1v) is 4.22. The Kier molecular flexibility index (Phi) is 2.69. The van der Waals surface area contributed by atoms with Crippen molar-refractivity contribution in [2.24, 2.45) is 0 Å². The summed E-state index contributed by atoms with van der Waals surface area (Å²) in [6, 6.07) is 1.80. The van der Waals surface area contributed by atoms with Gasteiger partial charge >= 0.3 is 6.18 Å². The van der Waals surface area contributed by atoms with Crippen LogP contribution in [0.1, 0.15) is 5.56 Å². The molecule has 0 aliphatic rings. The Morgan fingerprint density at radius 3 is 2.23 bits per heavy atom. The van der Waals surface area contributed by atoms with E-state index in [0.29, 0.717) is 0 Å². The Hall–Kier alpha value is -0.530. The van der Waals surface area contributed by atoms with Gasteiger partial charge in [0, 0.05) is 0 Å². The van der Waals surface area contributed by atoms with E-state index >= 15 is 0 Å². The van der Waals surface area contributed by atoms with Crippen LogP contribution in [0.15, 0.2) is 12.1 Å². The molecule has 0 bridgehead atoms. The van der Waals surface area contributed by atoms with E-state index in [9.17, 15) is 17.6 Å². The van der Waals surface area contributed by atoms with Crippen molar-refractivity contribution in [3.05, 3.63) is 27.1 Å². The summed E-state index contributed by atoms with van der Waals surface area (Å²) < 4.78 is 49.3. The fraction of sp³-hybridized carbons (Fsp3) is 0.143. The zero-order chi connectivity index (χ0) is 10.2. The lowest BCUT2D eigenvalue weighted by Crippen LogP contribution is -2.10. The van der Waals surface area contributed by atoms with E-state index in [0.717, 1.165) is 12.1 Å². The third-order valence-corrected chi connectivity index (χ3v) is 2.27. The number of hydrogen-bond donors (Lipinski definition) is 1. The van der Waals surface area contributed by atoms with Crippen molar-refractivity contribution in [3.8, 4) is 0 Å². The summed E-state index contributed by atoms with van der Waals surface area (Å²) in [7, 11) is 0. The first kappa shape index (κ1) is 10.6. The molecule has 0 aliphatic carbocycles. The summed E-state index contributed by atoms with van der Waals surface area (Å²) in [5.41, 5.74) is 2.99. The van der Waals surface area contributed by atoms with E-state index in [-0.39, 0.29) is 3.57 Å². The van der Waals surface area contributed by atoms with Crippen LogP contribution < -0.4 is 5.73 Å². The van der Waals surface area contributed by atoms with Gasteiger partial charge in [-0.25, -0.2) is 4.39 Å². The Bertz CT molecular complexity index is 334. The van der Waals surface area contributed by atoms with E-state index in [1.165, 1.54) is 0 Å². The molecule has 2 N–H and O–H groups in total. The van der Waals surface area contributed by atoms with Crippen LogP contribution in [0.3, 0.4) is 0 Å². The predicted octanol–water partition coefficient (Wildman–Crippen LogP) is 3.03. The zero-order valence-electron chi connectivity index (χ0n) is 6.12. The molecule has 0 aromatic heterocycles. The molecule has 0 saturated heterocycles. The maximum Gasteiger partial charge on any atom is 0.418 e. The van der Waals surface area contributed by atoms with E-state index < -0.39 is 23.2 Å². The minimum atomic E-state index is -4.60. The molecule has 0 amide bonds. The van der Waals surface area contributed by atoms with Crippen LogP contribution in [-0.4, -0.2) is 0 Å². The van der Waals surface area contributed by atoms with Crippen molar-refractivity contribution < 1.29 is 17.6 Å². The zero-order valence-corrected chi connectivity index (χ0v) is 8.28. The van der Waals surface area contributed by atoms with Gasteiger partial charge in [-0.2, -0.15) is 13.2 Å². The summed E-state index contributed by atoms with van der Waals surface area (Å²) in [5, 5.41) is 0. The third kappa shape index (κ3) is 2.04. The maximum atomic E-state index is 12.9. The van der Waals surface area contributed by atoms with Crippen molar-refractivity contribution in [1.29, 1.82) is 0 Å². The van der Waals surface area contributed by atoms with Crippen LogP contribution in [0, 0.1) is 9.39 Å². The number of nitrogen functional groups attached to an aromatic ring is 1. The highest BCUT2D eigenvalue weighted by Gasteiger charge is 2.34. The number of benzene rings is 1. The van der Waals surface area contributed by atoms with Gasteiger partial charge < -0.3 is 5.73 Å². The molecule has 1 aromatic rings. The minimum Gasteiger partial charge on any atom is -0.396 e. The summed E-state index contributed by atoms with van der Waals surface area (Å²) in [6.45, 7) is 0. The first-order valence-electron chi connectivity index (χ1n) is 3.14. The van der Waals surface area contributed by atoms with Gasteiger partial charge in [-0.05, 0) is 34.7 Å². The second-order valence-corrected chi connectivity index (χ2v) is 3.48. The number of anilines is 1. The summed E-state index contributed by atoms with van der Waals surface area (Å²) in [6.07, 6.45) is -4.60. The van der Waals surface area contributed by atoms with Gasteiger partial charge in [-0.1, -0.05) is 0 Å². The number of halogens is 5. The molecule has 72 valence electrons. The van der Waals surface area contributed by atoms with E-state index in [1.54, 1.807) is 22.6 Å². The van der Waals surface area contributed by atoms with Crippen molar-refractivity contribution in [1.82, 2.24) is 0 Å². The monoisotopic (exact) mass is 305 g/mol. The van der Waals surface area contributed by atoms with E-state index in [1.807, 2.05) is 0 Å². The van der Waals surface area contributed by atoms with Crippen molar-refractivity contribution >= 4 is 28.3 Å². The van der Waals surface area contributed by atoms with Gasteiger partial charge in [-0.3, -0.25) is 0 Å². The quantitative estimate of drug-likeness (QED) is 0.445. The standard InChI is InChI=1S/C7H4F4IN/c8-5-4(12)2-1-3(6(5)13)7(9,10)11/h1-2H,13H2. The second kappa shape index (κ2) is 3.32. The summed E-state index contributed by atoms with van der Waals surface area (Å²) in [5.74, 6) is -1.02. The van der Waals surface area contributed by atoms with Gasteiger partial charge in [0.1, 0.15) is 0 Å². The van der Waals surface area contributed by atoms with Gasteiger partial charge in [-0.15, -0.1) is 0 Å². The molecule has 0 atom stereocenters. The number of nitrogens with two attached hydrogens (primary N) is 1. The van der Waals surface area contributed by atoms with Crippen molar-refractivity contribution in [2.45, 2.75) is 6.18 Å². The highest BCUT2D eigenvalue weighted by molar-refractivity contribution is 14.1. The third-order valence-electron chi connectivity index (χ3n) is 1.44. The molecule has 13 heavy (non-hydrogen) atoms. The summed E-state index contributed by atoms with van der Waals surface area (Å²) >= 11 is 1.57. The fourth-order valence-corrected chi connectivity index (χ4v) is 1.28. The van der Waals surface area contributed by atoms with Crippen LogP contribution in [-0.2, 0) is 6.18 Å². The van der Waals surface area contributed by atoms with Crippen molar-refractivity contribution in [2.75, 3.05) is 5.73 Å². The SMILES string of the molecule is Nc1c(C(F)(F)F)ccc(I)c1F. The lowest BCUT2D eigenvalue weighted by molar-refractivity contribution is -0.137. The molecule has 0 aliphatic heterocycles. The van der Waals surface area contributed by atoms with Gasteiger partial charge in [0.2, 0.25) is 0 Å². The molecule has 1 nitrogen and oxygen atoms in total. The molecule has 6 heteroatoms. The molecular weight excluding hydrogens is 301 g/mol. The lowest BCUT2D eigenvalue weighted by atomic mass is 10.1. The van der Waals surface area contributed by atoms with E-state index in [4.69, 9.17) is 5.73 Å². The normalized spacial score (nSPS) is 11.8. The number of rotatable bonds is 0. The van der Waals surface area contributed by atoms with Crippen LogP contribution in [0.25, 0.3) is 0 Å². The Labute approximate surface area is 85.1 Å². The lowest BCUT2D eigenvalue weighted by Gasteiger charge is -2.10. The molecular formula is C7H4F4IN. The molecule has 0 unspecified atom stereocenters. The predicted molar refractivity (Wildman–Crippen MR) is 48.5 cm³/mol. The Morgan fingerprint density at radius 2 is 1.77 bits per heavy atom. The van der Waals surface area contributed by atoms with Crippen LogP contribution in [0.5, 0.6) is 0 Å². The van der Waals surface area contributed by atoms with Gasteiger partial charge in [0.05, 0.1) is 14.8 Å². The Morgan fingerprint density at radius 1 is 1.23 bits per heavy atom. The average molecular weight is 305 g/mol. The highest BCUT2D eigenvalue weighted by Crippen LogP contribution is 2.35. The number of alkyl halides is 3. The minimum absolute atomic E-state index is 0.0723. The smallest absolute Gasteiger partial charge is 0.396 e. The summed E-state index contributed by atoms with van der Waals surface area (Å²) in [4.78, 5) is 0. The number of hydrogen-bond acceptors (Lipinski definition) is 1. The molecule has 0 heterocycles. The first-order chi connectivity index (χ1) is 5.84. The molecule has 0 saturated carbocycles. The van der Waals surface area contributed by atoms with Crippen LogP contribution in [0.2, 0.25) is 0 Å². The van der Waals surface area contributed by atoms with E-state index in [2.05, 4.69) is 0 Å². The fourth-order valence-electron chi connectivity index (χ4n) is 0.814. The highest BCUT2D eigenvalue weighted by atomic mass is 127. The molecule has 0 spiro atoms. The van der Waals surface area contributed by atoms with Crippen LogP contribution >= 0.6 is 22.6 Å². The average Bonchev–Trinajstić information content (AvgIpc) is 1.98. The maximum absolute atomic E-state index is 12.9.